The van der Waals surface area contributed by atoms with Crippen LogP contribution in [0.5, 0.6) is 5.75 Å². The summed E-state index contributed by atoms with van der Waals surface area (Å²) in [5.74, 6) is 0.373. The Hall–Kier alpha value is -2.84. The number of carbonyl (C=O) groups is 1. The Balaban J connectivity index is 1.65. The van der Waals surface area contributed by atoms with Crippen LogP contribution >= 0.6 is 0 Å². The van der Waals surface area contributed by atoms with Gasteiger partial charge in [0.25, 0.3) is 5.91 Å². The van der Waals surface area contributed by atoms with Gasteiger partial charge in [0.05, 0.1) is 29.3 Å². The Labute approximate surface area is 153 Å². The molecule has 0 aromatic heterocycles. The first-order valence-corrected chi connectivity index (χ1v) is 8.81. The lowest BCUT2D eigenvalue weighted by Gasteiger charge is -2.17. The van der Waals surface area contributed by atoms with Crippen LogP contribution in [0.25, 0.3) is 0 Å². The van der Waals surface area contributed by atoms with E-state index in [1.54, 1.807) is 24.3 Å². The first kappa shape index (κ1) is 18.0. The van der Waals surface area contributed by atoms with Crippen molar-refractivity contribution in [2.24, 2.45) is 0 Å². The first-order valence-electron chi connectivity index (χ1n) is 8.81. The summed E-state index contributed by atoms with van der Waals surface area (Å²) >= 11 is 0. The molecule has 0 aliphatic carbocycles. The second kappa shape index (κ2) is 8.50. The minimum absolute atomic E-state index is 0.101. The lowest BCUT2D eigenvalue weighted by molar-refractivity contribution is 0.0670. The summed E-state index contributed by atoms with van der Waals surface area (Å²) < 4.78 is 11.4. The molecule has 26 heavy (non-hydrogen) atoms. The minimum atomic E-state index is -0.190. The molecule has 3 rings (SSSR count). The van der Waals surface area contributed by atoms with Crippen LogP contribution in [-0.2, 0) is 4.74 Å². The summed E-state index contributed by atoms with van der Waals surface area (Å²) in [7, 11) is 0. The van der Waals surface area contributed by atoms with Crippen LogP contribution in [0.1, 0.15) is 47.3 Å². The van der Waals surface area contributed by atoms with Crippen LogP contribution in [0.15, 0.2) is 48.5 Å². The molecule has 1 fully saturated rings. The monoisotopic (exact) mass is 350 g/mol. The molecule has 5 heteroatoms. The number of carbonyl (C=O) groups excluding carboxylic acids is 1. The van der Waals surface area contributed by atoms with Crippen LogP contribution < -0.4 is 10.1 Å². The molecule has 1 amide bonds. The highest BCUT2D eigenvalue weighted by Gasteiger charge is 2.19. The molecule has 2 unspecified atom stereocenters. The normalized spacial score (nSPS) is 17.3. The zero-order valence-corrected chi connectivity index (χ0v) is 14.8. The molecule has 1 saturated heterocycles. The predicted molar refractivity (Wildman–Crippen MR) is 97.9 cm³/mol. The van der Waals surface area contributed by atoms with Crippen molar-refractivity contribution in [1.82, 2.24) is 5.32 Å². The molecule has 1 N–H and O–H groups in total. The van der Waals surface area contributed by atoms with Crippen LogP contribution in [-0.4, -0.2) is 25.2 Å². The number of benzene rings is 2. The largest absolute Gasteiger partial charge is 0.490 e. The molecule has 134 valence electrons. The van der Waals surface area contributed by atoms with Crippen molar-refractivity contribution < 1.29 is 14.3 Å². The summed E-state index contributed by atoms with van der Waals surface area (Å²) in [5.41, 5.74) is 2.04. The summed E-state index contributed by atoms with van der Waals surface area (Å²) in [6, 6.07) is 16.3. The van der Waals surface area contributed by atoms with E-state index in [0.29, 0.717) is 23.5 Å². The molecule has 1 aliphatic heterocycles. The number of nitrogens with one attached hydrogen (secondary N) is 1. The highest BCUT2D eigenvalue weighted by molar-refractivity contribution is 5.97. The van der Waals surface area contributed by atoms with Crippen molar-refractivity contribution >= 4 is 5.91 Å². The van der Waals surface area contributed by atoms with Gasteiger partial charge in [-0.15, -0.1) is 0 Å². The maximum Gasteiger partial charge on any atom is 0.255 e. The lowest BCUT2D eigenvalue weighted by atomic mass is 10.1. The van der Waals surface area contributed by atoms with Gasteiger partial charge in [-0.2, -0.15) is 5.26 Å². The molecular weight excluding hydrogens is 328 g/mol. The smallest absolute Gasteiger partial charge is 0.255 e. The number of nitriles is 1. The maximum atomic E-state index is 12.7. The SMILES string of the molecule is CC(NC(=O)c1ccccc1OCC1CCCO1)c1ccc(C#N)cc1. The third kappa shape index (κ3) is 4.41. The Morgan fingerprint density at radius 3 is 2.77 bits per heavy atom. The van der Waals surface area contributed by atoms with Gasteiger partial charge in [-0.05, 0) is 49.6 Å². The summed E-state index contributed by atoms with van der Waals surface area (Å²) in [6.45, 7) is 3.14. The molecule has 0 saturated carbocycles. The van der Waals surface area contributed by atoms with Crippen molar-refractivity contribution in [2.45, 2.75) is 31.9 Å². The number of para-hydroxylation sites is 1. The zero-order valence-electron chi connectivity index (χ0n) is 14.8. The van der Waals surface area contributed by atoms with Gasteiger partial charge in [-0.25, -0.2) is 0 Å². The fraction of sp³-hybridized carbons (Fsp3) is 0.333. The molecule has 1 heterocycles. The fourth-order valence-corrected chi connectivity index (χ4v) is 2.94. The Kier molecular flexibility index (Phi) is 5.88. The lowest BCUT2D eigenvalue weighted by Crippen LogP contribution is -2.27. The van der Waals surface area contributed by atoms with Gasteiger partial charge in [0, 0.05) is 6.61 Å². The number of hydrogen-bond donors (Lipinski definition) is 1. The molecular formula is C21H22N2O3. The molecule has 2 atom stereocenters. The molecule has 2 aromatic carbocycles. The molecule has 5 nitrogen and oxygen atoms in total. The fourth-order valence-electron chi connectivity index (χ4n) is 2.94. The van der Waals surface area contributed by atoms with Crippen molar-refractivity contribution in [2.75, 3.05) is 13.2 Å². The maximum absolute atomic E-state index is 12.7. The third-order valence-corrected chi connectivity index (χ3v) is 4.47. The van der Waals surface area contributed by atoms with Gasteiger partial charge in [0.15, 0.2) is 0 Å². The van der Waals surface area contributed by atoms with Crippen LogP contribution in [0.3, 0.4) is 0 Å². The third-order valence-electron chi connectivity index (χ3n) is 4.47. The second-order valence-corrected chi connectivity index (χ2v) is 6.37. The van der Waals surface area contributed by atoms with Gasteiger partial charge in [-0.1, -0.05) is 24.3 Å². The topological polar surface area (TPSA) is 71.3 Å². The van der Waals surface area contributed by atoms with Crippen LogP contribution in [0.4, 0.5) is 0 Å². The number of amides is 1. The average Bonchev–Trinajstić information content (AvgIpc) is 3.20. The van der Waals surface area contributed by atoms with E-state index in [4.69, 9.17) is 14.7 Å². The highest BCUT2D eigenvalue weighted by atomic mass is 16.5. The van der Waals surface area contributed by atoms with E-state index in [1.165, 1.54) is 0 Å². The Morgan fingerprint density at radius 2 is 2.08 bits per heavy atom. The predicted octanol–water partition coefficient (Wildman–Crippen LogP) is 3.61. The summed E-state index contributed by atoms with van der Waals surface area (Å²) in [6.07, 6.45) is 2.14. The minimum Gasteiger partial charge on any atom is -0.490 e. The van der Waals surface area contributed by atoms with Gasteiger partial charge in [0.1, 0.15) is 12.4 Å². The highest BCUT2D eigenvalue weighted by Crippen LogP contribution is 2.22. The van der Waals surface area contributed by atoms with E-state index in [2.05, 4.69) is 11.4 Å². The number of rotatable bonds is 6. The van der Waals surface area contributed by atoms with E-state index >= 15 is 0 Å². The first-order chi connectivity index (χ1) is 12.7. The standard InChI is InChI=1S/C21H22N2O3/c1-15(17-10-8-16(13-22)9-11-17)23-21(24)19-6-2-3-7-20(19)26-14-18-5-4-12-25-18/h2-3,6-11,15,18H,4-5,12,14H2,1H3,(H,23,24). The van der Waals surface area contributed by atoms with E-state index in [9.17, 15) is 4.79 Å². The van der Waals surface area contributed by atoms with Crippen molar-refractivity contribution in [3.63, 3.8) is 0 Å². The molecule has 0 bridgehead atoms. The van der Waals surface area contributed by atoms with Crippen LogP contribution in [0.2, 0.25) is 0 Å². The van der Waals surface area contributed by atoms with Gasteiger partial charge < -0.3 is 14.8 Å². The van der Waals surface area contributed by atoms with Gasteiger partial charge in [-0.3, -0.25) is 4.79 Å². The average molecular weight is 350 g/mol. The van der Waals surface area contributed by atoms with Crippen molar-refractivity contribution in [1.29, 1.82) is 5.26 Å². The number of nitrogens with zero attached hydrogens (tertiary/aromatic N) is 1. The number of ether oxygens (including phenoxy) is 2. The van der Waals surface area contributed by atoms with Crippen molar-refractivity contribution in [3.8, 4) is 11.8 Å². The molecule has 0 radical (unpaired) electrons. The Morgan fingerprint density at radius 1 is 1.31 bits per heavy atom. The molecule has 0 spiro atoms. The van der Waals surface area contributed by atoms with E-state index in [0.717, 1.165) is 25.0 Å². The van der Waals surface area contributed by atoms with E-state index < -0.39 is 0 Å². The van der Waals surface area contributed by atoms with Crippen LogP contribution in [0, 0.1) is 11.3 Å². The molecule has 1 aliphatic rings. The van der Waals surface area contributed by atoms with Crippen molar-refractivity contribution in [3.05, 3.63) is 65.2 Å². The molecule has 2 aromatic rings. The van der Waals surface area contributed by atoms with Gasteiger partial charge >= 0.3 is 0 Å². The Bertz CT molecular complexity index is 790. The van der Waals surface area contributed by atoms with E-state index in [-0.39, 0.29) is 18.1 Å². The van der Waals surface area contributed by atoms with Gasteiger partial charge in [0.2, 0.25) is 0 Å². The second-order valence-electron chi connectivity index (χ2n) is 6.37. The van der Waals surface area contributed by atoms with E-state index in [1.807, 2.05) is 31.2 Å². The summed E-state index contributed by atoms with van der Waals surface area (Å²) in [4.78, 5) is 12.7. The summed E-state index contributed by atoms with van der Waals surface area (Å²) in [5, 5.41) is 11.9. The number of hydrogen-bond acceptors (Lipinski definition) is 4. The quantitative estimate of drug-likeness (QED) is 0.864. The zero-order chi connectivity index (χ0) is 18.4.